The van der Waals surface area contributed by atoms with Gasteiger partial charge in [0.15, 0.2) is 0 Å². The maximum Gasteiger partial charge on any atom is 0.142 e. The van der Waals surface area contributed by atoms with Crippen LogP contribution in [0.5, 0.6) is 0 Å². The Morgan fingerprint density at radius 3 is 2.50 bits per heavy atom. The van der Waals surface area contributed by atoms with Gasteiger partial charge in [0.2, 0.25) is 0 Å². The van der Waals surface area contributed by atoms with Crippen molar-refractivity contribution in [2.24, 2.45) is 5.73 Å². The molecule has 0 bridgehead atoms. The van der Waals surface area contributed by atoms with E-state index in [1.54, 1.807) is 6.07 Å². The molecule has 0 aliphatic heterocycles. The fourth-order valence-corrected chi connectivity index (χ4v) is 2.52. The third kappa shape index (κ3) is 2.28. The van der Waals surface area contributed by atoms with Crippen LogP contribution in [0.3, 0.4) is 0 Å². The Hall–Kier alpha value is -1.90. The SMILES string of the molecule is NC(c1ccc(Cl)c(F)c1)c1cccc2ccccc12. The first kappa shape index (κ1) is 13.1. The van der Waals surface area contributed by atoms with Gasteiger partial charge in [-0.25, -0.2) is 4.39 Å². The Labute approximate surface area is 121 Å². The molecule has 0 amide bonds. The molecule has 0 radical (unpaired) electrons. The molecule has 3 aromatic rings. The van der Waals surface area contributed by atoms with Gasteiger partial charge in [-0.3, -0.25) is 0 Å². The lowest BCUT2D eigenvalue weighted by molar-refractivity contribution is 0.624. The average molecular weight is 286 g/mol. The minimum absolute atomic E-state index is 0.110. The van der Waals surface area contributed by atoms with Gasteiger partial charge in [-0.15, -0.1) is 0 Å². The third-order valence-electron chi connectivity index (χ3n) is 3.46. The van der Waals surface area contributed by atoms with Gasteiger partial charge >= 0.3 is 0 Å². The summed E-state index contributed by atoms with van der Waals surface area (Å²) in [6.07, 6.45) is 0. The van der Waals surface area contributed by atoms with Crippen molar-refractivity contribution in [3.05, 3.63) is 82.6 Å². The number of nitrogens with two attached hydrogens (primary N) is 1. The van der Waals surface area contributed by atoms with Crippen molar-refractivity contribution in [3.63, 3.8) is 0 Å². The van der Waals surface area contributed by atoms with E-state index >= 15 is 0 Å². The van der Waals surface area contributed by atoms with Gasteiger partial charge in [-0.05, 0) is 34.0 Å². The van der Waals surface area contributed by atoms with E-state index in [0.717, 1.165) is 16.3 Å². The molecule has 2 N–H and O–H groups in total. The van der Waals surface area contributed by atoms with E-state index in [0.29, 0.717) is 5.56 Å². The predicted molar refractivity (Wildman–Crippen MR) is 81.4 cm³/mol. The molecule has 3 heteroatoms. The minimum atomic E-state index is -0.445. The zero-order valence-electron chi connectivity index (χ0n) is 10.7. The van der Waals surface area contributed by atoms with Gasteiger partial charge < -0.3 is 5.73 Å². The first-order chi connectivity index (χ1) is 9.66. The van der Waals surface area contributed by atoms with Crippen LogP contribution in [0.2, 0.25) is 5.02 Å². The van der Waals surface area contributed by atoms with Crippen LogP contribution in [-0.4, -0.2) is 0 Å². The number of hydrogen-bond acceptors (Lipinski definition) is 1. The molecular weight excluding hydrogens is 273 g/mol. The number of benzene rings is 3. The van der Waals surface area contributed by atoms with Gasteiger partial charge in [0, 0.05) is 0 Å². The minimum Gasteiger partial charge on any atom is -0.320 e. The number of rotatable bonds is 2. The highest BCUT2D eigenvalue weighted by Gasteiger charge is 2.13. The maximum atomic E-state index is 13.6. The lowest BCUT2D eigenvalue weighted by atomic mass is 9.94. The lowest BCUT2D eigenvalue weighted by Gasteiger charge is -2.15. The van der Waals surface area contributed by atoms with Crippen LogP contribution in [-0.2, 0) is 0 Å². The van der Waals surface area contributed by atoms with E-state index in [-0.39, 0.29) is 11.1 Å². The summed E-state index contributed by atoms with van der Waals surface area (Å²) in [5.41, 5.74) is 7.98. The molecule has 0 saturated carbocycles. The molecule has 3 rings (SSSR count). The molecule has 20 heavy (non-hydrogen) atoms. The van der Waals surface area contributed by atoms with Gasteiger partial charge in [-0.2, -0.15) is 0 Å². The largest absolute Gasteiger partial charge is 0.320 e. The molecule has 0 saturated heterocycles. The smallest absolute Gasteiger partial charge is 0.142 e. The number of hydrogen-bond donors (Lipinski definition) is 1. The summed E-state index contributed by atoms with van der Waals surface area (Å²) < 4.78 is 13.6. The summed E-state index contributed by atoms with van der Waals surface area (Å²) in [5, 5.41) is 2.31. The molecule has 0 heterocycles. The summed E-state index contributed by atoms with van der Waals surface area (Å²) in [6.45, 7) is 0. The molecule has 0 fully saturated rings. The second-order valence-electron chi connectivity index (χ2n) is 4.72. The second-order valence-corrected chi connectivity index (χ2v) is 5.13. The van der Waals surface area contributed by atoms with E-state index in [1.165, 1.54) is 12.1 Å². The summed E-state index contributed by atoms with van der Waals surface area (Å²) in [6, 6.07) is 18.3. The topological polar surface area (TPSA) is 26.0 Å². The second kappa shape index (κ2) is 5.23. The molecule has 1 atom stereocenters. The van der Waals surface area contributed by atoms with E-state index in [9.17, 15) is 4.39 Å². The predicted octanol–water partition coefficient (Wildman–Crippen LogP) is 4.68. The van der Waals surface area contributed by atoms with Crippen LogP contribution in [0, 0.1) is 5.82 Å². The highest BCUT2D eigenvalue weighted by Crippen LogP contribution is 2.28. The molecule has 0 spiro atoms. The zero-order valence-corrected chi connectivity index (χ0v) is 11.4. The summed E-state index contributed by atoms with van der Waals surface area (Å²) >= 11 is 5.71. The Balaban J connectivity index is 2.12. The quantitative estimate of drug-likeness (QED) is 0.727. The maximum absolute atomic E-state index is 13.6. The Bertz CT molecular complexity index is 765. The average Bonchev–Trinajstić information content (AvgIpc) is 2.49. The highest BCUT2D eigenvalue weighted by molar-refractivity contribution is 6.30. The zero-order chi connectivity index (χ0) is 14.1. The van der Waals surface area contributed by atoms with Crippen LogP contribution < -0.4 is 5.73 Å². The van der Waals surface area contributed by atoms with Crippen molar-refractivity contribution in [1.82, 2.24) is 0 Å². The van der Waals surface area contributed by atoms with Crippen molar-refractivity contribution in [2.75, 3.05) is 0 Å². The monoisotopic (exact) mass is 285 g/mol. The van der Waals surface area contributed by atoms with E-state index in [2.05, 4.69) is 0 Å². The highest BCUT2D eigenvalue weighted by atomic mass is 35.5. The van der Waals surface area contributed by atoms with Crippen molar-refractivity contribution in [1.29, 1.82) is 0 Å². The van der Waals surface area contributed by atoms with Crippen LogP contribution in [0.15, 0.2) is 60.7 Å². The van der Waals surface area contributed by atoms with Crippen LogP contribution in [0.4, 0.5) is 4.39 Å². The summed E-state index contributed by atoms with van der Waals surface area (Å²) in [5.74, 6) is -0.445. The van der Waals surface area contributed by atoms with Gasteiger partial charge in [0.25, 0.3) is 0 Å². The Morgan fingerprint density at radius 2 is 1.70 bits per heavy atom. The molecular formula is C17H13ClFN. The fraction of sp³-hybridized carbons (Fsp3) is 0.0588. The molecule has 0 aliphatic rings. The molecule has 3 aromatic carbocycles. The normalized spacial score (nSPS) is 12.6. The first-order valence-corrected chi connectivity index (χ1v) is 6.73. The van der Waals surface area contributed by atoms with E-state index < -0.39 is 5.82 Å². The van der Waals surface area contributed by atoms with Crippen LogP contribution >= 0.6 is 11.6 Å². The van der Waals surface area contributed by atoms with Crippen molar-refractivity contribution >= 4 is 22.4 Å². The summed E-state index contributed by atoms with van der Waals surface area (Å²) in [4.78, 5) is 0. The first-order valence-electron chi connectivity index (χ1n) is 6.35. The standard InChI is InChI=1S/C17H13ClFN/c18-15-9-8-12(10-16(15)19)17(20)14-7-3-5-11-4-1-2-6-13(11)14/h1-10,17H,20H2. The number of halogens is 2. The molecule has 0 aliphatic carbocycles. The summed E-state index contributed by atoms with van der Waals surface area (Å²) in [7, 11) is 0. The van der Waals surface area contributed by atoms with Gasteiger partial charge in [0.05, 0.1) is 11.1 Å². The molecule has 0 aromatic heterocycles. The third-order valence-corrected chi connectivity index (χ3v) is 3.77. The van der Waals surface area contributed by atoms with Crippen molar-refractivity contribution in [3.8, 4) is 0 Å². The Kier molecular flexibility index (Phi) is 3.43. The van der Waals surface area contributed by atoms with E-state index in [1.807, 2.05) is 42.5 Å². The van der Waals surface area contributed by atoms with Crippen LogP contribution in [0.1, 0.15) is 17.2 Å². The van der Waals surface area contributed by atoms with E-state index in [4.69, 9.17) is 17.3 Å². The van der Waals surface area contributed by atoms with Crippen molar-refractivity contribution < 1.29 is 4.39 Å². The van der Waals surface area contributed by atoms with Crippen LogP contribution in [0.25, 0.3) is 10.8 Å². The lowest BCUT2D eigenvalue weighted by Crippen LogP contribution is -2.12. The fourth-order valence-electron chi connectivity index (χ4n) is 2.41. The molecule has 1 nitrogen and oxygen atoms in total. The molecule has 100 valence electrons. The van der Waals surface area contributed by atoms with Crippen molar-refractivity contribution in [2.45, 2.75) is 6.04 Å². The Morgan fingerprint density at radius 1 is 0.950 bits per heavy atom. The van der Waals surface area contributed by atoms with Gasteiger partial charge in [0.1, 0.15) is 5.82 Å². The number of fused-ring (bicyclic) bond motifs is 1. The molecule has 1 unspecified atom stereocenters. The van der Waals surface area contributed by atoms with Gasteiger partial charge in [-0.1, -0.05) is 60.1 Å².